The maximum absolute atomic E-state index is 6.04. The molecule has 0 aliphatic heterocycles. The van der Waals surface area contributed by atoms with E-state index in [4.69, 9.17) is 4.74 Å². The highest BCUT2D eigenvalue weighted by Crippen LogP contribution is 2.30. The number of rotatable bonds is 7. The van der Waals surface area contributed by atoms with Crippen LogP contribution in [0, 0.1) is 6.92 Å². The van der Waals surface area contributed by atoms with Crippen LogP contribution in [0.4, 0.5) is 0 Å². The second-order valence-electron chi connectivity index (χ2n) is 5.34. The van der Waals surface area contributed by atoms with E-state index >= 15 is 0 Å². The van der Waals surface area contributed by atoms with Gasteiger partial charge < -0.3 is 10.1 Å². The first kappa shape index (κ1) is 15.0. The summed E-state index contributed by atoms with van der Waals surface area (Å²) in [4.78, 5) is 5.58. The first-order valence-corrected chi connectivity index (χ1v) is 8.94. The van der Waals surface area contributed by atoms with Gasteiger partial charge >= 0.3 is 0 Å². The second-order valence-corrected chi connectivity index (χ2v) is 7.14. The lowest BCUT2D eigenvalue weighted by atomic mass is 10.2. The van der Waals surface area contributed by atoms with Crippen LogP contribution < -0.4 is 10.1 Å². The van der Waals surface area contributed by atoms with E-state index in [0.717, 1.165) is 28.9 Å². The first-order valence-electron chi connectivity index (χ1n) is 7.26. The first-order chi connectivity index (χ1) is 10.2. The molecule has 1 aliphatic rings. The fourth-order valence-electron chi connectivity index (χ4n) is 2.21. The highest BCUT2D eigenvalue weighted by atomic mass is 79.9. The monoisotopic (exact) mass is 366 g/mol. The van der Waals surface area contributed by atoms with Gasteiger partial charge in [0.2, 0.25) is 0 Å². The van der Waals surface area contributed by atoms with Crippen LogP contribution in [-0.4, -0.2) is 17.6 Å². The number of aryl methyl sites for hydroxylation is 1. The summed E-state index contributed by atoms with van der Waals surface area (Å²) < 4.78 is 7.07. The second kappa shape index (κ2) is 6.90. The lowest BCUT2D eigenvalue weighted by Gasteiger charge is -2.13. The average molecular weight is 367 g/mol. The van der Waals surface area contributed by atoms with E-state index in [1.165, 1.54) is 23.3 Å². The number of ether oxygens (including phenoxy) is 1. The van der Waals surface area contributed by atoms with Gasteiger partial charge in [-0.1, -0.05) is 12.1 Å². The van der Waals surface area contributed by atoms with Crippen LogP contribution in [0.5, 0.6) is 5.75 Å². The molecule has 1 N–H and O–H groups in total. The third-order valence-electron chi connectivity index (χ3n) is 3.63. The molecule has 5 heteroatoms. The molecule has 0 radical (unpaired) electrons. The zero-order valence-electron chi connectivity index (χ0n) is 12.1. The minimum absolute atomic E-state index is 0.683. The van der Waals surface area contributed by atoms with Crippen molar-refractivity contribution in [2.75, 3.05) is 6.61 Å². The molecule has 0 amide bonds. The Labute approximate surface area is 137 Å². The van der Waals surface area contributed by atoms with Crippen LogP contribution >= 0.6 is 27.3 Å². The third-order valence-corrected chi connectivity index (χ3v) is 5.25. The van der Waals surface area contributed by atoms with Crippen molar-refractivity contribution >= 4 is 27.3 Å². The molecule has 2 aromatic rings. The Morgan fingerprint density at radius 1 is 1.43 bits per heavy atom. The van der Waals surface area contributed by atoms with Gasteiger partial charge in [0.1, 0.15) is 5.75 Å². The predicted molar refractivity (Wildman–Crippen MR) is 90.1 cm³/mol. The summed E-state index contributed by atoms with van der Waals surface area (Å²) in [6.45, 7) is 3.61. The van der Waals surface area contributed by atoms with Gasteiger partial charge in [0.25, 0.3) is 0 Å². The molecule has 0 bridgehead atoms. The van der Waals surface area contributed by atoms with Crippen molar-refractivity contribution in [2.45, 2.75) is 38.8 Å². The topological polar surface area (TPSA) is 34.1 Å². The van der Waals surface area contributed by atoms with Gasteiger partial charge in [0.15, 0.2) is 0 Å². The summed E-state index contributed by atoms with van der Waals surface area (Å²) >= 11 is 5.30. The molecule has 1 heterocycles. The molecular formula is C16H19BrN2OS. The molecular weight excluding hydrogens is 348 g/mol. The van der Waals surface area contributed by atoms with Gasteiger partial charge in [-0.25, -0.2) is 4.98 Å². The SMILES string of the molecule is Cc1ncsc1CCOc1c(Br)cccc1CNC1CC1. The number of nitrogens with zero attached hydrogens (tertiary/aromatic N) is 1. The van der Waals surface area contributed by atoms with E-state index in [-0.39, 0.29) is 0 Å². The number of benzene rings is 1. The number of thiazole rings is 1. The van der Waals surface area contributed by atoms with Crippen molar-refractivity contribution in [3.63, 3.8) is 0 Å². The van der Waals surface area contributed by atoms with E-state index in [9.17, 15) is 0 Å². The molecule has 1 fully saturated rings. The van der Waals surface area contributed by atoms with Gasteiger partial charge in [0.05, 0.1) is 22.3 Å². The normalized spacial score (nSPS) is 14.4. The Hall–Kier alpha value is -0.910. The average Bonchev–Trinajstić information content (AvgIpc) is 3.22. The maximum atomic E-state index is 6.04. The molecule has 0 atom stereocenters. The largest absolute Gasteiger partial charge is 0.492 e. The highest BCUT2D eigenvalue weighted by Gasteiger charge is 2.21. The molecule has 21 heavy (non-hydrogen) atoms. The molecule has 3 rings (SSSR count). The van der Waals surface area contributed by atoms with Crippen molar-refractivity contribution in [1.82, 2.24) is 10.3 Å². The Kier molecular flexibility index (Phi) is 4.93. The molecule has 0 spiro atoms. The van der Waals surface area contributed by atoms with Crippen LogP contribution in [-0.2, 0) is 13.0 Å². The molecule has 1 saturated carbocycles. The highest BCUT2D eigenvalue weighted by molar-refractivity contribution is 9.10. The van der Waals surface area contributed by atoms with E-state index < -0.39 is 0 Å². The molecule has 3 nitrogen and oxygen atoms in total. The van der Waals surface area contributed by atoms with E-state index in [0.29, 0.717) is 12.6 Å². The summed E-state index contributed by atoms with van der Waals surface area (Å²) in [5.41, 5.74) is 4.23. The number of aromatic nitrogens is 1. The lowest BCUT2D eigenvalue weighted by molar-refractivity contribution is 0.316. The Bertz CT molecular complexity index is 610. The zero-order chi connectivity index (χ0) is 14.7. The van der Waals surface area contributed by atoms with E-state index in [1.54, 1.807) is 11.3 Å². The number of hydrogen-bond donors (Lipinski definition) is 1. The fourth-order valence-corrected chi connectivity index (χ4v) is 3.49. The standard InChI is InChI=1S/C16H19BrN2OS/c1-11-15(21-10-19-11)7-8-20-16-12(3-2-4-14(16)17)9-18-13-5-6-13/h2-4,10,13,18H,5-9H2,1H3. The number of para-hydroxylation sites is 1. The van der Waals surface area contributed by atoms with Crippen molar-refractivity contribution < 1.29 is 4.74 Å². The quantitative estimate of drug-likeness (QED) is 0.801. The van der Waals surface area contributed by atoms with Crippen molar-refractivity contribution in [3.8, 4) is 5.75 Å². The van der Waals surface area contributed by atoms with Crippen LogP contribution in [0.25, 0.3) is 0 Å². The zero-order valence-corrected chi connectivity index (χ0v) is 14.5. The van der Waals surface area contributed by atoms with Crippen molar-refractivity contribution in [3.05, 3.63) is 44.3 Å². The van der Waals surface area contributed by atoms with Crippen LogP contribution in [0.2, 0.25) is 0 Å². The minimum Gasteiger partial charge on any atom is -0.492 e. The molecule has 112 valence electrons. The third kappa shape index (κ3) is 4.05. The summed E-state index contributed by atoms with van der Waals surface area (Å²) in [7, 11) is 0. The van der Waals surface area contributed by atoms with Crippen LogP contribution in [0.3, 0.4) is 0 Å². The maximum Gasteiger partial charge on any atom is 0.137 e. The number of halogens is 1. The molecule has 0 unspecified atom stereocenters. The lowest BCUT2D eigenvalue weighted by Crippen LogP contribution is -2.16. The number of nitrogens with one attached hydrogen (secondary N) is 1. The fraction of sp³-hybridized carbons (Fsp3) is 0.438. The van der Waals surface area contributed by atoms with Gasteiger partial charge in [-0.3, -0.25) is 0 Å². The van der Waals surface area contributed by atoms with Gasteiger partial charge in [-0.2, -0.15) is 0 Å². The molecule has 0 saturated heterocycles. The Morgan fingerprint density at radius 3 is 3.00 bits per heavy atom. The summed E-state index contributed by atoms with van der Waals surface area (Å²) in [5, 5.41) is 3.54. The predicted octanol–water partition coefficient (Wildman–Crippen LogP) is 4.09. The van der Waals surface area contributed by atoms with Gasteiger partial charge in [-0.05, 0) is 41.8 Å². The van der Waals surface area contributed by atoms with Crippen LogP contribution in [0.1, 0.15) is 29.0 Å². The summed E-state index contributed by atoms with van der Waals surface area (Å²) in [6, 6.07) is 6.94. The summed E-state index contributed by atoms with van der Waals surface area (Å²) in [6.07, 6.45) is 3.51. The van der Waals surface area contributed by atoms with Crippen molar-refractivity contribution in [2.24, 2.45) is 0 Å². The smallest absolute Gasteiger partial charge is 0.137 e. The summed E-state index contributed by atoms with van der Waals surface area (Å²) in [5.74, 6) is 0.966. The Morgan fingerprint density at radius 2 is 2.29 bits per heavy atom. The van der Waals surface area contributed by atoms with E-state index in [1.807, 2.05) is 11.6 Å². The molecule has 1 aliphatic carbocycles. The molecule has 1 aromatic carbocycles. The molecule has 1 aromatic heterocycles. The number of hydrogen-bond acceptors (Lipinski definition) is 4. The van der Waals surface area contributed by atoms with Crippen LogP contribution in [0.15, 0.2) is 28.2 Å². The van der Waals surface area contributed by atoms with Crippen molar-refractivity contribution in [1.29, 1.82) is 0 Å². The van der Waals surface area contributed by atoms with Gasteiger partial charge in [0, 0.05) is 29.4 Å². The van der Waals surface area contributed by atoms with Gasteiger partial charge in [-0.15, -0.1) is 11.3 Å². The Balaban J connectivity index is 1.61. The van der Waals surface area contributed by atoms with E-state index in [2.05, 4.69) is 45.3 Å². The minimum atomic E-state index is 0.683.